The molecule has 1 heterocycles. The summed E-state index contributed by atoms with van der Waals surface area (Å²) < 4.78 is 6.25. The van der Waals surface area contributed by atoms with Crippen LogP contribution in [-0.4, -0.2) is 42.8 Å². The van der Waals surface area contributed by atoms with E-state index in [1.54, 1.807) is 0 Å². The highest BCUT2D eigenvalue weighted by Gasteiger charge is 2.42. The second kappa shape index (κ2) is 6.33. The first kappa shape index (κ1) is 14.8. The molecule has 0 bridgehead atoms. The number of nitrogens with zero attached hydrogens (tertiary/aromatic N) is 1. The van der Waals surface area contributed by atoms with E-state index in [4.69, 9.17) is 10.5 Å². The van der Waals surface area contributed by atoms with Crippen LogP contribution in [0, 0.1) is 5.92 Å². The van der Waals surface area contributed by atoms with E-state index in [0.29, 0.717) is 0 Å². The third kappa shape index (κ3) is 2.90. The van der Waals surface area contributed by atoms with Gasteiger partial charge in [0.05, 0.1) is 5.60 Å². The van der Waals surface area contributed by atoms with Crippen LogP contribution >= 0.6 is 0 Å². The minimum atomic E-state index is 0.228. The van der Waals surface area contributed by atoms with Crippen molar-refractivity contribution in [3.05, 3.63) is 0 Å². The molecule has 0 aromatic carbocycles. The molecule has 116 valence electrons. The molecule has 3 unspecified atom stereocenters. The summed E-state index contributed by atoms with van der Waals surface area (Å²) in [6, 6.07) is 1.45. The minimum absolute atomic E-state index is 0.228. The van der Waals surface area contributed by atoms with Crippen LogP contribution in [0.15, 0.2) is 0 Å². The summed E-state index contributed by atoms with van der Waals surface area (Å²) in [5.41, 5.74) is 6.20. The predicted molar refractivity (Wildman–Crippen MR) is 82.7 cm³/mol. The fourth-order valence-corrected chi connectivity index (χ4v) is 4.99. The van der Waals surface area contributed by atoms with Gasteiger partial charge in [0.2, 0.25) is 0 Å². The van der Waals surface area contributed by atoms with Gasteiger partial charge in [0.15, 0.2) is 0 Å². The molecule has 3 atom stereocenters. The van der Waals surface area contributed by atoms with Gasteiger partial charge in [-0.1, -0.05) is 25.7 Å². The van der Waals surface area contributed by atoms with Crippen LogP contribution in [0.4, 0.5) is 0 Å². The Bertz CT molecular complexity index is 309. The van der Waals surface area contributed by atoms with Crippen LogP contribution in [0.25, 0.3) is 0 Å². The largest absolute Gasteiger partial charge is 0.375 e. The summed E-state index contributed by atoms with van der Waals surface area (Å²) in [6.07, 6.45) is 13.3. The van der Waals surface area contributed by atoms with Gasteiger partial charge in [-0.05, 0) is 58.0 Å². The molecule has 3 aliphatic rings. The maximum atomic E-state index is 6.25. The molecule has 3 rings (SSSR count). The molecule has 3 fully saturated rings. The quantitative estimate of drug-likeness (QED) is 0.864. The SMILES string of the molecule is CN(C1CCOC2(CCCCC2)C1)C1CCCC1CN. The number of nitrogens with two attached hydrogens (primary N) is 1. The maximum absolute atomic E-state index is 6.25. The fraction of sp³-hybridized carbons (Fsp3) is 1.00. The molecule has 2 aliphatic carbocycles. The Morgan fingerprint density at radius 2 is 1.90 bits per heavy atom. The number of hydrogen-bond acceptors (Lipinski definition) is 3. The van der Waals surface area contributed by atoms with Crippen LogP contribution in [0.1, 0.15) is 64.2 Å². The Labute approximate surface area is 124 Å². The molecular weight excluding hydrogens is 248 g/mol. The lowest BCUT2D eigenvalue weighted by molar-refractivity contribution is -0.126. The van der Waals surface area contributed by atoms with Crippen LogP contribution in [0.2, 0.25) is 0 Å². The van der Waals surface area contributed by atoms with Crippen molar-refractivity contribution >= 4 is 0 Å². The van der Waals surface area contributed by atoms with E-state index in [2.05, 4.69) is 11.9 Å². The molecule has 0 radical (unpaired) electrons. The first-order valence-corrected chi connectivity index (χ1v) is 8.80. The van der Waals surface area contributed by atoms with Gasteiger partial charge < -0.3 is 10.5 Å². The Kier molecular flexibility index (Phi) is 4.68. The normalized spacial score (nSPS) is 37.6. The first-order chi connectivity index (χ1) is 9.74. The summed E-state index contributed by atoms with van der Waals surface area (Å²) >= 11 is 0. The number of ether oxygens (including phenoxy) is 1. The summed E-state index contributed by atoms with van der Waals surface area (Å²) in [4.78, 5) is 2.68. The molecular formula is C17H32N2O. The van der Waals surface area contributed by atoms with Crippen molar-refractivity contribution in [3.8, 4) is 0 Å². The number of hydrogen-bond donors (Lipinski definition) is 1. The van der Waals surface area contributed by atoms with Crippen molar-refractivity contribution in [2.24, 2.45) is 11.7 Å². The second-order valence-corrected chi connectivity index (χ2v) is 7.40. The van der Waals surface area contributed by atoms with E-state index in [-0.39, 0.29) is 5.60 Å². The molecule has 3 heteroatoms. The van der Waals surface area contributed by atoms with Gasteiger partial charge in [0.1, 0.15) is 0 Å². The van der Waals surface area contributed by atoms with Gasteiger partial charge in [-0.3, -0.25) is 4.90 Å². The van der Waals surface area contributed by atoms with E-state index in [1.165, 1.54) is 64.2 Å². The summed E-state index contributed by atoms with van der Waals surface area (Å²) in [6.45, 7) is 1.83. The summed E-state index contributed by atoms with van der Waals surface area (Å²) in [5.74, 6) is 0.727. The molecule has 0 aromatic heterocycles. The van der Waals surface area contributed by atoms with E-state index in [1.807, 2.05) is 0 Å². The first-order valence-electron chi connectivity index (χ1n) is 8.80. The maximum Gasteiger partial charge on any atom is 0.0697 e. The standard InChI is InChI=1S/C17H32N2O/c1-19(16-7-5-6-14(16)13-18)15-8-11-20-17(12-15)9-3-2-4-10-17/h14-16H,2-13,18H2,1H3. The van der Waals surface area contributed by atoms with E-state index < -0.39 is 0 Å². The van der Waals surface area contributed by atoms with Crippen LogP contribution in [0.5, 0.6) is 0 Å². The van der Waals surface area contributed by atoms with Gasteiger partial charge in [0.25, 0.3) is 0 Å². The average Bonchev–Trinajstić information content (AvgIpc) is 2.96. The van der Waals surface area contributed by atoms with Crippen molar-refractivity contribution in [1.29, 1.82) is 0 Å². The topological polar surface area (TPSA) is 38.5 Å². The summed E-state index contributed by atoms with van der Waals surface area (Å²) in [5, 5.41) is 0. The second-order valence-electron chi connectivity index (χ2n) is 7.40. The monoisotopic (exact) mass is 280 g/mol. The highest BCUT2D eigenvalue weighted by molar-refractivity contribution is 4.95. The van der Waals surface area contributed by atoms with E-state index >= 15 is 0 Å². The lowest BCUT2D eigenvalue weighted by Gasteiger charge is -2.47. The molecule has 2 saturated carbocycles. The lowest BCUT2D eigenvalue weighted by atomic mass is 9.77. The van der Waals surface area contributed by atoms with Crippen molar-refractivity contribution in [2.45, 2.75) is 81.9 Å². The highest BCUT2D eigenvalue weighted by atomic mass is 16.5. The third-order valence-corrected chi connectivity index (χ3v) is 6.25. The molecule has 0 amide bonds. The third-order valence-electron chi connectivity index (χ3n) is 6.25. The van der Waals surface area contributed by atoms with E-state index in [0.717, 1.165) is 31.2 Å². The highest BCUT2D eigenvalue weighted by Crippen LogP contribution is 2.41. The smallest absolute Gasteiger partial charge is 0.0697 e. The van der Waals surface area contributed by atoms with Crippen LogP contribution in [-0.2, 0) is 4.74 Å². The van der Waals surface area contributed by atoms with Crippen molar-refractivity contribution in [2.75, 3.05) is 20.2 Å². The molecule has 0 aromatic rings. The van der Waals surface area contributed by atoms with E-state index in [9.17, 15) is 0 Å². The molecule has 20 heavy (non-hydrogen) atoms. The summed E-state index contributed by atoms with van der Waals surface area (Å²) in [7, 11) is 2.35. The Hall–Kier alpha value is -0.120. The van der Waals surface area contributed by atoms with Crippen molar-refractivity contribution < 1.29 is 4.74 Å². The predicted octanol–water partition coefficient (Wildman–Crippen LogP) is 2.93. The molecule has 1 aliphatic heterocycles. The van der Waals surface area contributed by atoms with Gasteiger partial charge in [-0.15, -0.1) is 0 Å². The zero-order valence-electron chi connectivity index (χ0n) is 13.2. The zero-order valence-corrected chi connectivity index (χ0v) is 13.2. The van der Waals surface area contributed by atoms with Crippen molar-refractivity contribution in [1.82, 2.24) is 4.90 Å². The minimum Gasteiger partial charge on any atom is -0.375 e. The van der Waals surface area contributed by atoms with Crippen molar-refractivity contribution in [3.63, 3.8) is 0 Å². The molecule has 1 saturated heterocycles. The van der Waals surface area contributed by atoms with Gasteiger partial charge in [0, 0.05) is 18.7 Å². The molecule has 1 spiro atoms. The van der Waals surface area contributed by atoms with Gasteiger partial charge in [-0.2, -0.15) is 0 Å². The zero-order chi connectivity index (χ0) is 14.0. The van der Waals surface area contributed by atoms with Gasteiger partial charge in [-0.25, -0.2) is 0 Å². The molecule has 2 N–H and O–H groups in total. The Balaban J connectivity index is 1.64. The van der Waals surface area contributed by atoms with Crippen LogP contribution in [0.3, 0.4) is 0 Å². The fourth-order valence-electron chi connectivity index (χ4n) is 4.99. The Morgan fingerprint density at radius 1 is 1.10 bits per heavy atom. The lowest BCUT2D eigenvalue weighted by Crippen LogP contribution is -2.52. The van der Waals surface area contributed by atoms with Crippen LogP contribution < -0.4 is 5.73 Å². The Morgan fingerprint density at radius 3 is 2.65 bits per heavy atom. The number of rotatable bonds is 3. The average molecular weight is 280 g/mol. The van der Waals surface area contributed by atoms with Gasteiger partial charge >= 0.3 is 0 Å². The molecule has 3 nitrogen and oxygen atoms in total.